The number of carbonyl (C=O) groups excluding carboxylic acids is 2. The van der Waals surface area contributed by atoms with Crippen LogP contribution in [0.3, 0.4) is 0 Å². The summed E-state index contributed by atoms with van der Waals surface area (Å²) in [6, 6.07) is 7.99. The smallest absolute Gasteiger partial charge is 0.233 e. The molecular weight excluding hydrogens is 264 g/mol. The molecule has 0 aromatic heterocycles. The minimum absolute atomic E-state index is 0.0135. The first-order valence-electron chi connectivity index (χ1n) is 7.49. The molecule has 4 heteroatoms. The first-order chi connectivity index (χ1) is 10.2. The van der Waals surface area contributed by atoms with Gasteiger partial charge in [-0.15, -0.1) is 0 Å². The van der Waals surface area contributed by atoms with Gasteiger partial charge in [-0.25, -0.2) is 0 Å². The predicted octanol–water partition coefficient (Wildman–Crippen LogP) is 1.64. The summed E-state index contributed by atoms with van der Waals surface area (Å²) in [6.07, 6.45) is 6.26. The van der Waals surface area contributed by atoms with E-state index in [2.05, 4.69) is 0 Å². The van der Waals surface area contributed by atoms with Crippen molar-refractivity contribution in [1.29, 1.82) is 0 Å². The van der Waals surface area contributed by atoms with Crippen LogP contribution in [0.5, 0.6) is 0 Å². The number of hydrogen-bond acceptors (Lipinski definition) is 3. The van der Waals surface area contributed by atoms with Crippen molar-refractivity contribution in [2.24, 2.45) is 17.6 Å². The fraction of sp³-hybridized carbons (Fsp3) is 0.412. The minimum Gasteiger partial charge on any atom is -0.330 e. The van der Waals surface area contributed by atoms with Crippen LogP contribution in [0.2, 0.25) is 0 Å². The molecule has 21 heavy (non-hydrogen) atoms. The molecule has 0 radical (unpaired) electrons. The largest absolute Gasteiger partial charge is 0.330 e. The zero-order valence-corrected chi connectivity index (χ0v) is 12.0. The molecular formula is C17H20N2O2. The van der Waals surface area contributed by atoms with Gasteiger partial charge < -0.3 is 5.73 Å². The van der Waals surface area contributed by atoms with Crippen molar-refractivity contribution >= 4 is 11.8 Å². The SMILES string of the molecule is NCCc1ccc(CN2C(=O)C3CC=CCC3C2=O)cc1. The van der Waals surface area contributed by atoms with Gasteiger partial charge in [0.1, 0.15) is 0 Å². The second-order valence-electron chi connectivity index (χ2n) is 5.77. The fourth-order valence-corrected chi connectivity index (χ4v) is 3.19. The maximum atomic E-state index is 12.4. The number of allylic oxidation sites excluding steroid dienone is 2. The highest BCUT2D eigenvalue weighted by Gasteiger charge is 2.46. The Morgan fingerprint density at radius 1 is 0.952 bits per heavy atom. The molecule has 4 nitrogen and oxygen atoms in total. The van der Waals surface area contributed by atoms with E-state index in [1.165, 1.54) is 10.5 Å². The molecule has 1 aromatic carbocycles. The van der Waals surface area contributed by atoms with Crippen LogP contribution in [0.25, 0.3) is 0 Å². The van der Waals surface area contributed by atoms with Crippen molar-refractivity contribution < 1.29 is 9.59 Å². The third kappa shape index (κ3) is 2.63. The molecule has 2 aliphatic rings. The summed E-state index contributed by atoms with van der Waals surface area (Å²) in [7, 11) is 0. The summed E-state index contributed by atoms with van der Waals surface area (Å²) in [5, 5.41) is 0. The zero-order chi connectivity index (χ0) is 14.8. The molecule has 1 aliphatic heterocycles. The van der Waals surface area contributed by atoms with E-state index in [4.69, 9.17) is 5.73 Å². The second kappa shape index (κ2) is 5.82. The number of rotatable bonds is 4. The first-order valence-corrected chi connectivity index (χ1v) is 7.49. The lowest BCUT2D eigenvalue weighted by Crippen LogP contribution is -2.30. The molecule has 2 unspecified atom stereocenters. The number of benzene rings is 1. The van der Waals surface area contributed by atoms with E-state index < -0.39 is 0 Å². The number of nitrogens with two attached hydrogens (primary N) is 1. The lowest BCUT2D eigenvalue weighted by Gasteiger charge is -2.15. The van der Waals surface area contributed by atoms with Crippen molar-refractivity contribution in [3.63, 3.8) is 0 Å². The lowest BCUT2D eigenvalue weighted by atomic mass is 9.85. The van der Waals surface area contributed by atoms with Crippen LogP contribution in [-0.2, 0) is 22.6 Å². The van der Waals surface area contributed by atoms with Crippen molar-refractivity contribution in [3.05, 3.63) is 47.5 Å². The molecule has 2 N–H and O–H groups in total. The summed E-state index contributed by atoms with van der Waals surface area (Å²) >= 11 is 0. The second-order valence-corrected chi connectivity index (χ2v) is 5.77. The molecule has 0 saturated carbocycles. The monoisotopic (exact) mass is 284 g/mol. The first kappa shape index (κ1) is 14.0. The fourth-order valence-electron chi connectivity index (χ4n) is 3.19. The van der Waals surface area contributed by atoms with E-state index in [1.54, 1.807) is 0 Å². The Balaban J connectivity index is 1.73. The third-order valence-corrected chi connectivity index (χ3v) is 4.40. The number of fused-ring (bicyclic) bond motifs is 1. The highest BCUT2D eigenvalue weighted by Crippen LogP contribution is 2.35. The van der Waals surface area contributed by atoms with E-state index in [0.29, 0.717) is 25.9 Å². The Kier molecular flexibility index (Phi) is 3.88. The Morgan fingerprint density at radius 3 is 2.00 bits per heavy atom. The van der Waals surface area contributed by atoms with E-state index in [1.807, 2.05) is 36.4 Å². The molecule has 2 atom stereocenters. The van der Waals surface area contributed by atoms with Gasteiger partial charge in [0.2, 0.25) is 11.8 Å². The van der Waals surface area contributed by atoms with E-state index in [9.17, 15) is 9.59 Å². The highest BCUT2D eigenvalue weighted by atomic mass is 16.2. The van der Waals surface area contributed by atoms with Crippen LogP contribution in [0.1, 0.15) is 24.0 Å². The molecule has 0 bridgehead atoms. The number of carbonyl (C=O) groups is 2. The van der Waals surface area contributed by atoms with Gasteiger partial charge in [-0.05, 0) is 36.9 Å². The summed E-state index contributed by atoms with van der Waals surface area (Å²) in [5.74, 6) is -0.307. The molecule has 1 saturated heterocycles. The van der Waals surface area contributed by atoms with Crippen molar-refractivity contribution in [3.8, 4) is 0 Å². The maximum absolute atomic E-state index is 12.4. The highest BCUT2D eigenvalue weighted by molar-refractivity contribution is 6.05. The predicted molar refractivity (Wildman–Crippen MR) is 80.1 cm³/mol. The maximum Gasteiger partial charge on any atom is 0.233 e. The van der Waals surface area contributed by atoms with Crippen molar-refractivity contribution in [1.82, 2.24) is 4.90 Å². The normalized spacial score (nSPS) is 24.5. The van der Waals surface area contributed by atoms with E-state index in [0.717, 1.165) is 12.0 Å². The average Bonchev–Trinajstić information content (AvgIpc) is 2.75. The van der Waals surface area contributed by atoms with Crippen LogP contribution in [0.15, 0.2) is 36.4 Å². The molecule has 1 fully saturated rings. The molecule has 0 spiro atoms. The van der Waals surface area contributed by atoms with Crippen LogP contribution in [0, 0.1) is 11.8 Å². The summed E-state index contributed by atoms with van der Waals surface area (Å²) in [5.41, 5.74) is 7.70. The average molecular weight is 284 g/mol. The van der Waals surface area contributed by atoms with E-state index in [-0.39, 0.29) is 23.7 Å². The Labute approximate surface area is 124 Å². The number of amides is 2. The van der Waals surface area contributed by atoms with Crippen molar-refractivity contribution in [2.45, 2.75) is 25.8 Å². The Morgan fingerprint density at radius 2 is 1.48 bits per heavy atom. The Hall–Kier alpha value is -1.94. The van der Waals surface area contributed by atoms with Gasteiger partial charge in [-0.1, -0.05) is 36.4 Å². The van der Waals surface area contributed by atoms with Gasteiger partial charge in [0.15, 0.2) is 0 Å². The summed E-state index contributed by atoms with van der Waals surface area (Å²) < 4.78 is 0. The minimum atomic E-state index is -0.140. The van der Waals surface area contributed by atoms with Crippen LogP contribution in [-0.4, -0.2) is 23.3 Å². The number of nitrogens with zero attached hydrogens (tertiary/aromatic N) is 1. The lowest BCUT2D eigenvalue weighted by molar-refractivity contribution is -0.140. The number of imide groups is 1. The van der Waals surface area contributed by atoms with Gasteiger partial charge in [0.25, 0.3) is 0 Å². The van der Waals surface area contributed by atoms with Gasteiger partial charge in [-0.3, -0.25) is 14.5 Å². The van der Waals surface area contributed by atoms with Gasteiger partial charge in [0, 0.05) is 0 Å². The van der Waals surface area contributed by atoms with Crippen LogP contribution < -0.4 is 5.73 Å². The van der Waals surface area contributed by atoms with Gasteiger partial charge in [0.05, 0.1) is 18.4 Å². The van der Waals surface area contributed by atoms with Crippen molar-refractivity contribution in [2.75, 3.05) is 6.54 Å². The molecule has 1 aromatic rings. The molecule has 1 aliphatic carbocycles. The Bertz CT molecular complexity index is 551. The van der Waals surface area contributed by atoms with Crippen LogP contribution in [0.4, 0.5) is 0 Å². The van der Waals surface area contributed by atoms with Gasteiger partial charge in [-0.2, -0.15) is 0 Å². The van der Waals surface area contributed by atoms with Gasteiger partial charge >= 0.3 is 0 Å². The standard InChI is InChI=1S/C17H20N2O2/c18-10-9-12-5-7-13(8-6-12)11-19-16(20)14-3-1-2-4-15(14)17(19)21/h1-2,5-8,14-15H,3-4,9-11,18H2. The molecule has 2 amide bonds. The quantitative estimate of drug-likeness (QED) is 0.675. The number of hydrogen-bond donors (Lipinski definition) is 1. The van der Waals surface area contributed by atoms with E-state index >= 15 is 0 Å². The topological polar surface area (TPSA) is 63.4 Å². The summed E-state index contributed by atoms with van der Waals surface area (Å²) in [6.45, 7) is 1.01. The summed E-state index contributed by atoms with van der Waals surface area (Å²) in [4.78, 5) is 26.2. The van der Waals surface area contributed by atoms with Crippen LogP contribution >= 0.6 is 0 Å². The third-order valence-electron chi connectivity index (χ3n) is 4.40. The molecule has 1 heterocycles. The molecule has 3 rings (SSSR count). The zero-order valence-electron chi connectivity index (χ0n) is 12.0. The molecule has 110 valence electrons. The number of likely N-dealkylation sites (tertiary alicyclic amines) is 1.